The molecule has 18 heavy (non-hydrogen) atoms. The number of hydrogen-bond donors (Lipinski definition) is 1. The predicted octanol–water partition coefficient (Wildman–Crippen LogP) is 4.28. The van der Waals surface area contributed by atoms with Crippen molar-refractivity contribution in [2.75, 3.05) is 0 Å². The molecule has 0 radical (unpaired) electrons. The molecule has 0 aliphatic heterocycles. The van der Waals surface area contributed by atoms with Crippen LogP contribution in [-0.4, -0.2) is 11.1 Å². The fraction of sp³-hybridized carbons (Fsp3) is 0. The van der Waals surface area contributed by atoms with Gasteiger partial charge in [-0.3, -0.25) is 0 Å². The van der Waals surface area contributed by atoms with Crippen LogP contribution >= 0.6 is 34.4 Å². The van der Waals surface area contributed by atoms with E-state index in [0.717, 1.165) is 9.79 Å². The predicted molar refractivity (Wildman–Crippen MR) is 76.6 cm³/mol. The summed E-state index contributed by atoms with van der Waals surface area (Å²) in [7, 11) is 0. The van der Waals surface area contributed by atoms with E-state index in [1.165, 1.54) is 30.0 Å². The number of hydrogen-bond acceptors (Lipinski definition) is 2. The minimum Gasteiger partial charge on any atom is -0.478 e. The normalized spacial score (nSPS) is 10.3. The highest BCUT2D eigenvalue weighted by molar-refractivity contribution is 14.1. The van der Waals surface area contributed by atoms with Crippen molar-refractivity contribution in [1.29, 1.82) is 0 Å². The third-order valence-electron chi connectivity index (χ3n) is 2.23. The van der Waals surface area contributed by atoms with Gasteiger partial charge in [0.1, 0.15) is 5.82 Å². The molecule has 2 rings (SSSR count). The summed E-state index contributed by atoms with van der Waals surface area (Å²) < 4.78 is 13.9. The minimum atomic E-state index is -0.952. The van der Waals surface area contributed by atoms with Crippen LogP contribution < -0.4 is 0 Å². The molecule has 2 nitrogen and oxygen atoms in total. The maximum Gasteiger partial charge on any atom is 0.335 e. The molecular weight excluding hydrogens is 366 g/mol. The van der Waals surface area contributed by atoms with Crippen molar-refractivity contribution < 1.29 is 14.3 Å². The summed E-state index contributed by atoms with van der Waals surface area (Å²) in [5, 5.41) is 8.78. The maximum absolute atomic E-state index is 13.4. The van der Waals surface area contributed by atoms with Gasteiger partial charge in [0.15, 0.2) is 0 Å². The molecule has 2 aromatic rings. The van der Waals surface area contributed by atoms with Gasteiger partial charge in [-0.25, -0.2) is 9.18 Å². The molecular formula is C13H8FIO2S. The van der Waals surface area contributed by atoms with Crippen molar-refractivity contribution in [3.63, 3.8) is 0 Å². The third kappa shape index (κ3) is 3.23. The molecule has 0 atom stereocenters. The van der Waals surface area contributed by atoms with Crippen LogP contribution in [0.4, 0.5) is 4.39 Å². The van der Waals surface area contributed by atoms with E-state index >= 15 is 0 Å². The fourth-order valence-corrected chi connectivity index (χ4v) is 2.52. The van der Waals surface area contributed by atoms with Crippen molar-refractivity contribution in [3.8, 4) is 0 Å². The van der Waals surface area contributed by atoms with Gasteiger partial charge in [-0.05, 0) is 65.1 Å². The average Bonchev–Trinajstić information content (AvgIpc) is 2.34. The van der Waals surface area contributed by atoms with Gasteiger partial charge in [-0.2, -0.15) is 0 Å². The number of halogens is 2. The monoisotopic (exact) mass is 374 g/mol. The molecule has 0 aliphatic rings. The molecule has 92 valence electrons. The first-order valence-corrected chi connectivity index (χ1v) is 6.92. The number of aromatic carboxylic acids is 1. The average molecular weight is 374 g/mol. The Morgan fingerprint density at radius 3 is 2.28 bits per heavy atom. The lowest BCUT2D eigenvalue weighted by Crippen LogP contribution is -1.94. The number of carboxylic acid groups (broad SMARTS) is 1. The zero-order valence-corrected chi connectivity index (χ0v) is 12.0. The Labute approximate surface area is 121 Å². The molecule has 0 spiro atoms. The SMILES string of the molecule is O=C(O)c1ccc(Sc2ccc(I)c(F)c2)cc1. The molecule has 0 saturated heterocycles. The second-order valence-electron chi connectivity index (χ2n) is 3.51. The quantitative estimate of drug-likeness (QED) is 0.815. The van der Waals surface area contributed by atoms with Gasteiger partial charge >= 0.3 is 5.97 Å². The second-order valence-corrected chi connectivity index (χ2v) is 5.82. The summed E-state index contributed by atoms with van der Waals surface area (Å²) >= 11 is 3.33. The first-order chi connectivity index (χ1) is 8.56. The molecule has 0 heterocycles. The molecule has 0 aliphatic carbocycles. The van der Waals surface area contributed by atoms with Crippen LogP contribution in [0.5, 0.6) is 0 Å². The lowest BCUT2D eigenvalue weighted by Gasteiger charge is -2.03. The molecule has 0 amide bonds. The Morgan fingerprint density at radius 1 is 1.11 bits per heavy atom. The van der Waals surface area contributed by atoms with E-state index in [1.54, 1.807) is 18.2 Å². The van der Waals surface area contributed by atoms with Gasteiger partial charge in [-0.1, -0.05) is 11.8 Å². The second kappa shape index (κ2) is 5.71. The van der Waals surface area contributed by atoms with Crippen LogP contribution in [0.2, 0.25) is 0 Å². The highest BCUT2D eigenvalue weighted by Gasteiger charge is 2.04. The Hall–Kier alpha value is -1.08. The third-order valence-corrected chi connectivity index (χ3v) is 4.10. The first-order valence-electron chi connectivity index (χ1n) is 5.02. The van der Waals surface area contributed by atoms with Crippen LogP contribution in [0.25, 0.3) is 0 Å². The standard InChI is InChI=1S/C13H8FIO2S/c14-11-7-10(5-6-12(11)15)18-9-3-1-8(2-4-9)13(16)17/h1-7H,(H,16,17). The summed E-state index contributed by atoms with van der Waals surface area (Å²) in [5.74, 6) is -1.20. The van der Waals surface area contributed by atoms with Crippen LogP contribution in [0.1, 0.15) is 10.4 Å². The van der Waals surface area contributed by atoms with E-state index in [-0.39, 0.29) is 11.4 Å². The van der Waals surface area contributed by atoms with Crippen molar-refractivity contribution in [3.05, 3.63) is 57.4 Å². The summed E-state index contributed by atoms with van der Waals surface area (Å²) in [6.07, 6.45) is 0. The van der Waals surface area contributed by atoms with Gasteiger partial charge in [0.2, 0.25) is 0 Å². The van der Waals surface area contributed by atoms with Gasteiger partial charge in [0, 0.05) is 13.4 Å². The van der Waals surface area contributed by atoms with E-state index in [4.69, 9.17) is 5.11 Å². The largest absolute Gasteiger partial charge is 0.478 e. The zero-order valence-electron chi connectivity index (χ0n) is 9.06. The molecule has 0 bridgehead atoms. The van der Waals surface area contributed by atoms with E-state index < -0.39 is 5.97 Å². The number of carboxylic acids is 1. The van der Waals surface area contributed by atoms with Gasteiger partial charge in [0.25, 0.3) is 0 Å². The molecule has 1 N–H and O–H groups in total. The van der Waals surface area contributed by atoms with Crippen LogP contribution in [-0.2, 0) is 0 Å². The van der Waals surface area contributed by atoms with Crippen molar-refractivity contribution >= 4 is 40.3 Å². The van der Waals surface area contributed by atoms with Gasteiger partial charge < -0.3 is 5.11 Å². The number of rotatable bonds is 3. The molecule has 2 aromatic carbocycles. The van der Waals surface area contributed by atoms with Crippen LogP contribution in [0.3, 0.4) is 0 Å². The molecule has 0 saturated carbocycles. The topological polar surface area (TPSA) is 37.3 Å². The van der Waals surface area contributed by atoms with Gasteiger partial charge in [-0.15, -0.1) is 0 Å². The van der Waals surface area contributed by atoms with Crippen LogP contribution in [0.15, 0.2) is 52.3 Å². The molecule has 0 fully saturated rings. The zero-order chi connectivity index (χ0) is 13.1. The highest BCUT2D eigenvalue weighted by Crippen LogP contribution is 2.29. The smallest absolute Gasteiger partial charge is 0.335 e. The van der Waals surface area contributed by atoms with Crippen molar-refractivity contribution in [1.82, 2.24) is 0 Å². The minimum absolute atomic E-state index is 0.244. The summed E-state index contributed by atoms with van der Waals surface area (Å²) in [6, 6.07) is 11.5. The lowest BCUT2D eigenvalue weighted by atomic mass is 10.2. The van der Waals surface area contributed by atoms with E-state index in [2.05, 4.69) is 0 Å². The van der Waals surface area contributed by atoms with Crippen molar-refractivity contribution in [2.24, 2.45) is 0 Å². The Bertz CT molecular complexity index is 584. The van der Waals surface area contributed by atoms with E-state index in [1.807, 2.05) is 28.7 Å². The summed E-state index contributed by atoms with van der Waals surface area (Å²) in [6.45, 7) is 0. The Balaban J connectivity index is 2.18. The first kappa shape index (κ1) is 13.4. The van der Waals surface area contributed by atoms with Crippen LogP contribution in [0, 0.1) is 9.39 Å². The Kier molecular flexibility index (Phi) is 4.23. The fourth-order valence-electron chi connectivity index (χ4n) is 1.34. The number of carbonyl (C=O) groups is 1. The number of benzene rings is 2. The van der Waals surface area contributed by atoms with Gasteiger partial charge in [0.05, 0.1) is 5.56 Å². The summed E-state index contributed by atoms with van der Waals surface area (Å²) in [5.41, 5.74) is 0.244. The molecule has 0 aromatic heterocycles. The summed E-state index contributed by atoms with van der Waals surface area (Å²) in [4.78, 5) is 12.4. The highest BCUT2D eigenvalue weighted by atomic mass is 127. The lowest BCUT2D eigenvalue weighted by molar-refractivity contribution is 0.0697. The Morgan fingerprint density at radius 2 is 1.72 bits per heavy atom. The molecule has 5 heteroatoms. The van der Waals surface area contributed by atoms with E-state index in [0.29, 0.717) is 3.57 Å². The van der Waals surface area contributed by atoms with Crippen molar-refractivity contribution in [2.45, 2.75) is 9.79 Å². The maximum atomic E-state index is 13.4. The van der Waals surface area contributed by atoms with E-state index in [9.17, 15) is 9.18 Å². The molecule has 0 unspecified atom stereocenters.